The number of likely N-dealkylation sites (tertiary alicyclic amines) is 1. The van der Waals surface area contributed by atoms with E-state index in [1.165, 1.54) is 0 Å². The van der Waals surface area contributed by atoms with Crippen molar-refractivity contribution < 1.29 is 14.7 Å². The molecule has 2 atom stereocenters. The topological polar surface area (TPSA) is 69.6 Å². The molecule has 126 valence electrons. The van der Waals surface area contributed by atoms with Crippen LogP contribution in [-0.4, -0.2) is 47.1 Å². The fraction of sp³-hybridized carbons (Fsp3) is 0.556. The number of hydrogen-bond acceptors (Lipinski definition) is 3. The van der Waals surface area contributed by atoms with Crippen LogP contribution in [0.5, 0.6) is 0 Å². The first-order chi connectivity index (χ1) is 11.1. The second kappa shape index (κ2) is 8.67. The molecule has 1 saturated heterocycles. The Morgan fingerprint density at radius 2 is 2.09 bits per heavy atom. The fourth-order valence-electron chi connectivity index (χ4n) is 2.89. The number of hydrogen-bond donors (Lipinski definition) is 2. The molecule has 0 aromatic heterocycles. The third-order valence-corrected chi connectivity index (χ3v) is 4.32. The van der Waals surface area contributed by atoms with Crippen LogP contribution in [0.25, 0.3) is 0 Å². The first-order valence-corrected chi connectivity index (χ1v) is 8.41. The average Bonchev–Trinajstić information content (AvgIpc) is 3.05. The first kappa shape index (κ1) is 17.5. The number of benzene rings is 1. The van der Waals surface area contributed by atoms with Crippen LogP contribution in [0.2, 0.25) is 0 Å². The molecule has 1 heterocycles. The third-order valence-electron chi connectivity index (χ3n) is 4.32. The highest BCUT2D eigenvalue weighted by Crippen LogP contribution is 2.19. The molecule has 2 amide bonds. The van der Waals surface area contributed by atoms with Gasteiger partial charge in [-0.05, 0) is 31.2 Å². The normalized spacial score (nSPS) is 18.7. The average molecular weight is 318 g/mol. The maximum Gasteiger partial charge on any atom is 0.242 e. The quantitative estimate of drug-likeness (QED) is 0.800. The molecule has 2 N–H and O–H groups in total. The van der Waals surface area contributed by atoms with E-state index in [0.29, 0.717) is 38.8 Å². The Balaban J connectivity index is 1.86. The van der Waals surface area contributed by atoms with Crippen molar-refractivity contribution in [1.29, 1.82) is 0 Å². The van der Waals surface area contributed by atoms with E-state index < -0.39 is 0 Å². The molecular formula is C18H26N2O3. The lowest BCUT2D eigenvalue weighted by Gasteiger charge is -2.24. The number of aliphatic hydroxyl groups is 1. The van der Waals surface area contributed by atoms with E-state index in [1.54, 1.807) is 4.90 Å². The van der Waals surface area contributed by atoms with Crippen LogP contribution in [0.1, 0.15) is 38.2 Å². The van der Waals surface area contributed by atoms with Crippen LogP contribution in [0, 0.1) is 0 Å². The van der Waals surface area contributed by atoms with E-state index in [-0.39, 0.29) is 24.0 Å². The Morgan fingerprint density at radius 3 is 2.78 bits per heavy atom. The summed E-state index contributed by atoms with van der Waals surface area (Å²) in [5, 5.41) is 12.4. The molecule has 1 aliphatic rings. The molecule has 5 heteroatoms. The van der Waals surface area contributed by atoms with Crippen molar-refractivity contribution in [3.05, 3.63) is 35.9 Å². The lowest BCUT2D eigenvalue weighted by Crippen LogP contribution is -2.46. The lowest BCUT2D eigenvalue weighted by atomic mass is 10.1. The summed E-state index contributed by atoms with van der Waals surface area (Å²) in [6.45, 7) is 3.00. The molecule has 2 unspecified atom stereocenters. The summed E-state index contributed by atoms with van der Waals surface area (Å²) in [6, 6.07) is 9.23. The minimum Gasteiger partial charge on any atom is -0.393 e. The van der Waals surface area contributed by atoms with Gasteiger partial charge in [0, 0.05) is 13.1 Å². The smallest absolute Gasteiger partial charge is 0.242 e. The predicted octanol–water partition coefficient (Wildman–Crippen LogP) is 1.50. The van der Waals surface area contributed by atoms with Crippen LogP contribution in [0.15, 0.2) is 30.3 Å². The maximum absolute atomic E-state index is 12.5. The number of amides is 2. The Kier molecular flexibility index (Phi) is 6.59. The van der Waals surface area contributed by atoms with Crippen molar-refractivity contribution in [2.24, 2.45) is 0 Å². The van der Waals surface area contributed by atoms with E-state index in [2.05, 4.69) is 5.32 Å². The molecule has 0 radical (unpaired) electrons. The third kappa shape index (κ3) is 5.06. The summed E-state index contributed by atoms with van der Waals surface area (Å²) >= 11 is 0. The molecule has 0 saturated carbocycles. The summed E-state index contributed by atoms with van der Waals surface area (Å²) in [4.78, 5) is 26.5. The minimum atomic E-state index is -0.380. The molecular weight excluding hydrogens is 292 g/mol. The summed E-state index contributed by atoms with van der Waals surface area (Å²) in [6.07, 6.45) is 2.75. The molecule has 0 aliphatic carbocycles. The van der Waals surface area contributed by atoms with Gasteiger partial charge in [0.15, 0.2) is 0 Å². The standard InChI is InChI=1S/C18H26N2O3/c1-2-15(21)10-11-19-18(23)16-9-6-12-20(16)17(22)13-14-7-4-3-5-8-14/h3-5,7-8,15-16,21H,2,6,9-13H2,1H3,(H,19,23). The number of nitrogens with zero attached hydrogens (tertiary/aromatic N) is 1. The summed E-state index contributed by atoms with van der Waals surface area (Å²) in [5.41, 5.74) is 0.967. The molecule has 0 bridgehead atoms. The predicted molar refractivity (Wildman–Crippen MR) is 88.8 cm³/mol. The van der Waals surface area contributed by atoms with Crippen molar-refractivity contribution in [1.82, 2.24) is 10.2 Å². The van der Waals surface area contributed by atoms with Gasteiger partial charge in [-0.1, -0.05) is 37.3 Å². The van der Waals surface area contributed by atoms with Crippen LogP contribution < -0.4 is 5.32 Å². The number of nitrogens with one attached hydrogen (secondary N) is 1. The largest absolute Gasteiger partial charge is 0.393 e. The van der Waals surface area contributed by atoms with Gasteiger partial charge in [-0.25, -0.2) is 0 Å². The van der Waals surface area contributed by atoms with Crippen molar-refractivity contribution in [3.8, 4) is 0 Å². The van der Waals surface area contributed by atoms with Gasteiger partial charge in [0.1, 0.15) is 6.04 Å². The highest BCUT2D eigenvalue weighted by atomic mass is 16.3. The lowest BCUT2D eigenvalue weighted by molar-refractivity contribution is -0.138. The van der Waals surface area contributed by atoms with Crippen LogP contribution in [0.4, 0.5) is 0 Å². The van der Waals surface area contributed by atoms with E-state index in [4.69, 9.17) is 0 Å². The number of rotatable bonds is 7. The SMILES string of the molecule is CCC(O)CCNC(=O)C1CCCN1C(=O)Cc1ccccc1. The molecule has 1 aromatic rings. The number of carbonyl (C=O) groups excluding carboxylic acids is 2. The highest BCUT2D eigenvalue weighted by molar-refractivity contribution is 5.89. The van der Waals surface area contributed by atoms with Crippen LogP contribution in [-0.2, 0) is 16.0 Å². The molecule has 2 rings (SSSR count). The second-order valence-corrected chi connectivity index (χ2v) is 6.05. The molecule has 1 aliphatic heterocycles. The van der Waals surface area contributed by atoms with Gasteiger partial charge in [0.25, 0.3) is 0 Å². The Hall–Kier alpha value is -1.88. The Morgan fingerprint density at radius 1 is 1.35 bits per heavy atom. The zero-order valence-electron chi connectivity index (χ0n) is 13.7. The van der Waals surface area contributed by atoms with Gasteiger partial charge < -0.3 is 15.3 Å². The van der Waals surface area contributed by atoms with Crippen LogP contribution >= 0.6 is 0 Å². The Bertz CT molecular complexity index is 518. The van der Waals surface area contributed by atoms with Gasteiger partial charge >= 0.3 is 0 Å². The van der Waals surface area contributed by atoms with Gasteiger partial charge in [0.05, 0.1) is 12.5 Å². The molecule has 0 spiro atoms. The fourth-order valence-corrected chi connectivity index (χ4v) is 2.89. The van der Waals surface area contributed by atoms with Gasteiger partial charge in [-0.15, -0.1) is 0 Å². The second-order valence-electron chi connectivity index (χ2n) is 6.05. The van der Waals surface area contributed by atoms with Crippen molar-refractivity contribution >= 4 is 11.8 Å². The van der Waals surface area contributed by atoms with Crippen molar-refractivity contribution in [2.45, 2.75) is 51.2 Å². The van der Waals surface area contributed by atoms with Crippen molar-refractivity contribution in [2.75, 3.05) is 13.1 Å². The van der Waals surface area contributed by atoms with E-state index >= 15 is 0 Å². The van der Waals surface area contributed by atoms with Crippen LogP contribution in [0.3, 0.4) is 0 Å². The van der Waals surface area contributed by atoms with Gasteiger partial charge in [0.2, 0.25) is 11.8 Å². The molecule has 1 fully saturated rings. The van der Waals surface area contributed by atoms with E-state index in [0.717, 1.165) is 12.0 Å². The summed E-state index contributed by atoms with van der Waals surface area (Å²) in [5.74, 6) is -0.102. The first-order valence-electron chi connectivity index (χ1n) is 8.41. The maximum atomic E-state index is 12.5. The molecule has 1 aromatic carbocycles. The summed E-state index contributed by atoms with van der Waals surface area (Å²) in [7, 11) is 0. The zero-order valence-corrected chi connectivity index (χ0v) is 13.7. The highest BCUT2D eigenvalue weighted by Gasteiger charge is 2.33. The van der Waals surface area contributed by atoms with Gasteiger partial charge in [-0.3, -0.25) is 9.59 Å². The zero-order chi connectivity index (χ0) is 16.7. The summed E-state index contributed by atoms with van der Waals surface area (Å²) < 4.78 is 0. The van der Waals surface area contributed by atoms with E-state index in [9.17, 15) is 14.7 Å². The molecule has 23 heavy (non-hydrogen) atoms. The van der Waals surface area contributed by atoms with Crippen molar-refractivity contribution in [3.63, 3.8) is 0 Å². The Labute approximate surface area is 137 Å². The minimum absolute atomic E-state index is 0.00226. The molecule has 5 nitrogen and oxygen atoms in total. The number of aliphatic hydroxyl groups excluding tert-OH is 1. The van der Waals surface area contributed by atoms with Gasteiger partial charge in [-0.2, -0.15) is 0 Å². The monoisotopic (exact) mass is 318 g/mol. The number of carbonyl (C=O) groups is 2. The van der Waals surface area contributed by atoms with E-state index in [1.807, 2.05) is 37.3 Å².